The van der Waals surface area contributed by atoms with Crippen LogP contribution >= 0.6 is 0 Å². The van der Waals surface area contributed by atoms with Gasteiger partial charge in [0.1, 0.15) is 0 Å². The minimum absolute atomic E-state index is 0.322. The molecule has 0 aliphatic heterocycles. The Balaban J connectivity index is 2.45. The largest absolute Gasteiger partial charge is 0.464 e. The summed E-state index contributed by atoms with van der Waals surface area (Å²) in [4.78, 5) is 11.9. The molecular weight excluding hydrogens is 260 g/mol. The lowest BCUT2D eigenvalue weighted by Gasteiger charge is -2.16. The van der Waals surface area contributed by atoms with Crippen molar-refractivity contribution in [2.24, 2.45) is 0 Å². The maximum absolute atomic E-state index is 11.9. The van der Waals surface area contributed by atoms with Crippen LogP contribution in [-0.2, 0) is 23.7 Å². The molecule has 1 aromatic carbocycles. The molecule has 1 aromatic rings. The fourth-order valence-electron chi connectivity index (χ4n) is 1.62. The van der Waals surface area contributed by atoms with Crippen LogP contribution in [0.15, 0.2) is 30.3 Å². The van der Waals surface area contributed by atoms with Crippen LogP contribution in [0.2, 0.25) is 0 Å². The summed E-state index contributed by atoms with van der Waals surface area (Å²) in [7, 11) is 1.62. The van der Waals surface area contributed by atoms with Gasteiger partial charge in [0.2, 0.25) is 0 Å². The quantitative estimate of drug-likeness (QED) is 0.485. The first-order valence-electron chi connectivity index (χ1n) is 6.69. The zero-order valence-corrected chi connectivity index (χ0v) is 12.0. The maximum atomic E-state index is 11.9. The molecule has 0 aliphatic carbocycles. The Morgan fingerprint density at radius 3 is 2.45 bits per heavy atom. The van der Waals surface area contributed by atoms with Crippen molar-refractivity contribution in [3.63, 3.8) is 0 Å². The van der Waals surface area contributed by atoms with Gasteiger partial charge in [-0.25, -0.2) is 4.79 Å². The SMILES string of the molecule is CCOC(=O)C(OCCOCCOC)c1ccccc1. The number of ether oxygens (including phenoxy) is 4. The first kappa shape index (κ1) is 16.6. The average molecular weight is 282 g/mol. The van der Waals surface area contributed by atoms with E-state index in [4.69, 9.17) is 18.9 Å². The van der Waals surface area contributed by atoms with Crippen molar-refractivity contribution >= 4 is 5.97 Å². The van der Waals surface area contributed by atoms with Crippen molar-refractivity contribution in [1.82, 2.24) is 0 Å². The smallest absolute Gasteiger partial charge is 0.339 e. The Hall–Kier alpha value is -1.43. The molecule has 0 saturated heterocycles. The lowest BCUT2D eigenvalue weighted by molar-refractivity contribution is -0.158. The molecule has 20 heavy (non-hydrogen) atoms. The highest BCUT2D eigenvalue weighted by atomic mass is 16.6. The van der Waals surface area contributed by atoms with E-state index in [0.29, 0.717) is 33.0 Å². The van der Waals surface area contributed by atoms with Gasteiger partial charge in [0.25, 0.3) is 0 Å². The van der Waals surface area contributed by atoms with E-state index >= 15 is 0 Å². The third-order valence-electron chi connectivity index (χ3n) is 2.55. The van der Waals surface area contributed by atoms with Crippen molar-refractivity contribution in [3.8, 4) is 0 Å². The molecule has 0 bridgehead atoms. The summed E-state index contributed by atoms with van der Waals surface area (Å²) in [6.45, 7) is 3.88. The minimum Gasteiger partial charge on any atom is -0.464 e. The van der Waals surface area contributed by atoms with E-state index in [1.807, 2.05) is 30.3 Å². The third kappa shape index (κ3) is 6.14. The molecule has 5 nitrogen and oxygen atoms in total. The van der Waals surface area contributed by atoms with Crippen LogP contribution in [0.1, 0.15) is 18.6 Å². The second-order valence-electron chi connectivity index (χ2n) is 4.02. The molecule has 5 heteroatoms. The van der Waals surface area contributed by atoms with Crippen molar-refractivity contribution < 1.29 is 23.7 Å². The lowest BCUT2D eigenvalue weighted by Crippen LogP contribution is -2.21. The monoisotopic (exact) mass is 282 g/mol. The van der Waals surface area contributed by atoms with Crippen molar-refractivity contribution in [2.75, 3.05) is 40.1 Å². The van der Waals surface area contributed by atoms with E-state index in [9.17, 15) is 4.79 Å². The lowest BCUT2D eigenvalue weighted by atomic mass is 10.1. The first-order chi connectivity index (χ1) is 9.79. The van der Waals surface area contributed by atoms with Gasteiger partial charge in [-0.2, -0.15) is 0 Å². The maximum Gasteiger partial charge on any atom is 0.339 e. The summed E-state index contributed by atoms with van der Waals surface area (Å²) >= 11 is 0. The second-order valence-corrected chi connectivity index (χ2v) is 4.02. The summed E-state index contributed by atoms with van der Waals surface area (Å²) < 4.78 is 20.8. The van der Waals surface area contributed by atoms with E-state index < -0.39 is 6.10 Å². The molecule has 0 heterocycles. The fraction of sp³-hybridized carbons (Fsp3) is 0.533. The Morgan fingerprint density at radius 2 is 1.80 bits per heavy atom. The summed E-state index contributed by atoms with van der Waals surface area (Å²) in [6, 6.07) is 9.29. The molecule has 1 unspecified atom stereocenters. The number of hydrogen-bond donors (Lipinski definition) is 0. The molecule has 0 N–H and O–H groups in total. The van der Waals surface area contributed by atoms with Gasteiger partial charge < -0.3 is 18.9 Å². The van der Waals surface area contributed by atoms with Crippen LogP contribution in [0, 0.1) is 0 Å². The minimum atomic E-state index is -0.706. The number of benzene rings is 1. The van der Waals surface area contributed by atoms with Gasteiger partial charge in [0, 0.05) is 7.11 Å². The first-order valence-corrected chi connectivity index (χ1v) is 6.69. The van der Waals surface area contributed by atoms with Gasteiger partial charge in [-0.3, -0.25) is 0 Å². The van der Waals surface area contributed by atoms with Gasteiger partial charge in [-0.1, -0.05) is 30.3 Å². The van der Waals surface area contributed by atoms with E-state index in [1.54, 1.807) is 14.0 Å². The van der Waals surface area contributed by atoms with E-state index in [0.717, 1.165) is 5.56 Å². The predicted molar refractivity (Wildman–Crippen MR) is 74.5 cm³/mol. The number of hydrogen-bond acceptors (Lipinski definition) is 5. The van der Waals surface area contributed by atoms with Crippen LogP contribution in [0.4, 0.5) is 0 Å². The normalized spacial score (nSPS) is 12.1. The van der Waals surface area contributed by atoms with Crippen molar-refractivity contribution in [3.05, 3.63) is 35.9 Å². The molecule has 0 aromatic heterocycles. The fourth-order valence-corrected chi connectivity index (χ4v) is 1.62. The molecule has 1 atom stereocenters. The number of carbonyl (C=O) groups excluding carboxylic acids is 1. The zero-order chi connectivity index (χ0) is 14.6. The highest BCUT2D eigenvalue weighted by molar-refractivity contribution is 5.76. The number of carbonyl (C=O) groups is 1. The highest BCUT2D eigenvalue weighted by Gasteiger charge is 2.22. The highest BCUT2D eigenvalue weighted by Crippen LogP contribution is 2.18. The Morgan fingerprint density at radius 1 is 1.10 bits per heavy atom. The molecule has 0 fully saturated rings. The molecule has 0 aliphatic rings. The van der Waals surface area contributed by atoms with Gasteiger partial charge >= 0.3 is 5.97 Å². The van der Waals surface area contributed by atoms with Gasteiger partial charge in [-0.15, -0.1) is 0 Å². The van der Waals surface area contributed by atoms with Gasteiger partial charge in [-0.05, 0) is 12.5 Å². The molecular formula is C15H22O5. The van der Waals surface area contributed by atoms with Crippen LogP contribution < -0.4 is 0 Å². The molecule has 0 saturated carbocycles. The molecule has 1 rings (SSSR count). The predicted octanol–water partition coefficient (Wildman–Crippen LogP) is 1.97. The Labute approximate surface area is 119 Å². The molecule has 0 spiro atoms. The number of esters is 1. The third-order valence-corrected chi connectivity index (χ3v) is 2.55. The summed E-state index contributed by atoms with van der Waals surface area (Å²) in [5.41, 5.74) is 0.780. The van der Waals surface area contributed by atoms with E-state index in [1.165, 1.54) is 0 Å². The van der Waals surface area contributed by atoms with Crippen LogP contribution in [0.25, 0.3) is 0 Å². The van der Waals surface area contributed by atoms with E-state index in [-0.39, 0.29) is 5.97 Å². The summed E-state index contributed by atoms with van der Waals surface area (Å²) in [5, 5.41) is 0. The van der Waals surface area contributed by atoms with Crippen LogP contribution in [-0.4, -0.2) is 46.1 Å². The van der Waals surface area contributed by atoms with Gasteiger partial charge in [0.05, 0.1) is 33.0 Å². The van der Waals surface area contributed by atoms with Crippen LogP contribution in [0.5, 0.6) is 0 Å². The average Bonchev–Trinajstić information content (AvgIpc) is 2.47. The molecule has 0 amide bonds. The topological polar surface area (TPSA) is 54.0 Å². The van der Waals surface area contributed by atoms with Crippen LogP contribution in [0.3, 0.4) is 0 Å². The Kier molecular flexibility index (Phi) is 8.62. The van der Waals surface area contributed by atoms with Crippen molar-refractivity contribution in [1.29, 1.82) is 0 Å². The second kappa shape index (κ2) is 10.4. The summed E-state index contributed by atoms with van der Waals surface area (Å²) in [5.74, 6) is -0.379. The Bertz CT molecular complexity index is 366. The van der Waals surface area contributed by atoms with Gasteiger partial charge in [0.15, 0.2) is 6.10 Å². The number of rotatable bonds is 10. The van der Waals surface area contributed by atoms with Crippen molar-refractivity contribution in [2.45, 2.75) is 13.0 Å². The summed E-state index contributed by atoms with van der Waals surface area (Å²) in [6.07, 6.45) is -0.706. The number of methoxy groups -OCH3 is 1. The molecule has 0 radical (unpaired) electrons. The zero-order valence-electron chi connectivity index (χ0n) is 12.0. The molecule has 112 valence electrons. The van der Waals surface area contributed by atoms with E-state index in [2.05, 4.69) is 0 Å². The standard InChI is InChI=1S/C15H22O5/c1-3-19-15(16)14(13-7-5-4-6-8-13)20-12-11-18-10-9-17-2/h4-8,14H,3,9-12H2,1-2H3.